The van der Waals surface area contributed by atoms with E-state index in [0.29, 0.717) is 15.7 Å². The molecule has 1 aromatic carbocycles. The number of carbonyl (C=O) groups is 2. The first kappa shape index (κ1) is 17.6. The fraction of sp³-hybridized carbons (Fsp3) is 0.353. The van der Waals surface area contributed by atoms with Gasteiger partial charge in [-0.2, -0.15) is 13.2 Å². The zero-order chi connectivity index (χ0) is 18.4. The third-order valence-electron chi connectivity index (χ3n) is 3.88. The van der Waals surface area contributed by atoms with E-state index in [-0.39, 0.29) is 17.4 Å². The van der Waals surface area contributed by atoms with Crippen LogP contribution < -0.4 is 4.90 Å². The molecule has 0 saturated heterocycles. The molecule has 0 atom stereocenters. The Morgan fingerprint density at radius 3 is 2.48 bits per heavy atom. The van der Waals surface area contributed by atoms with Crippen LogP contribution in [0.5, 0.6) is 0 Å². The number of amides is 1. The van der Waals surface area contributed by atoms with Gasteiger partial charge in [-0.25, -0.2) is 4.98 Å². The number of benzene rings is 1. The van der Waals surface area contributed by atoms with Crippen molar-refractivity contribution in [2.45, 2.75) is 38.9 Å². The summed E-state index contributed by atoms with van der Waals surface area (Å²) >= 11 is 1.10. The number of halogens is 3. The number of thiazole rings is 1. The van der Waals surface area contributed by atoms with Gasteiger partial charge in [-0.3, -0.25) is 14.5 Å². The number of ketones is 1. The molecule has 0 spiro atoms. The molecule has 0 aliphatic heterocycles. The summed E-state index contributed by atoms with van der Waals surface area (Å²) in [5, 5.41) is 0.354. The smallest absolute Gasteiger partial charge is 0.294 e. The van der Waals surface area contributed by atoms with E-state index >= 15 is 0 Å². The van der Waals surface area contributed by atoms with Crippen molar-refractivity contribution in [3.8, 4) is 0 Å². The number of hydrogen-bond donors (Lipinski definition) is 0. The number of alkyl halides is 3. The van der Waals surface area contributed by atoms with Crippen LogP contribution in [-0.2, 0) is 6.18 Å². The molecular formula is C17H15F3N2O2S. The van der Waals surface area contributed by atoms with Gasteiger partial charge in [-0.05, 0) is 38.0 Å². The third-order valence-corrected chi connectivity index (χ3v) is 5.14. The summed E-state index contributed by atoms with van der Waals surface area (Å²) in [5.41, 5.74) is -0.386. The number of nitrogens with zero attached hydrogens (tertiary/aromatic N) is 2. The first-order valence-corrected chi connectivity index (χ1v) is 8.49. The maximum absolute atomic E-state index is 12.9. The lowest BCUT2D eigenvalue weighted by Gasteiger charge is -2.20. The Morgan fingerprint density at radius 1 is 1.28 bits per heavy atom. The minimum absolute atomic E-state index is 0.0426. The molecule has 0 bridgehead atoms. The van der Waals surface area contributed by atoms with E-state index in [2.05, 4.69) is 4.98 Å². The van der Waals surface area contributed by atoms with E-state index in [9.17, 15) is 22.8 Å². The molecule has 25 heavy (non-hydrogen) atoms. The molecule has 2 aromatic rings. The Bertz CT molecular complexity index is 841. The van der Waals surface area contributed by atoms with E-state index < -0.39 is 17.6 Å². The standard InChI is InChI=1S/C17H15F3N2O2S/c1-9-14(10(2)23)25-16(21-9)22(13-6-7-13)15(24)11-4-3-5-12(8-11)17(18,19)20/h3-5,8,13H,6-7H2,1-2H3. The van der Waals surface area contributed by atoms with Gasteiger partial charge in [0.2, 0.25) is 0 Å². The molecule has 1 heterocycles. The minimum atomic E-state index is -4.51. The fourth-order valence-corrected chi connectivity index (χ4v) is 3.55. The average Bonchev–Trinajstić information content (AvgIpc) is 3.28. The van der Waals surface area contributed by atoms with Gasteiger partial charge in [0.25, 0.3) is 5.91 Å². The van der Waals surface area contributed by atoms with Crippen LogP contribution in [0.2, 0.25) is 0 Å². The van der Waals surface area contributed by atoms with Gasteiger partial charge in [-0.1, -0.05) is 17.4 Å². The summed E-state index contributed by atoms with van der Waals surface area (Å²) in [6, 6.07) is 4.27. The highest BCUT2D eigenvalue weighted by Gasteiger charge is 2.38. The van der Waals surface area contributed by atoms with Crippen molar-refractivity contribution in [3.63, 3.8) is 0 Å². The van der Waals surface area contributed by atoms with Gasteiger partial charge in [0.05, 0.1) is 16.1 Å². The van der Waals surface area contributed by atoms with E-state index in [1.165, 1.54) is 24.0 Å². The largest absolute Gasteiger partial charge is 0.416 e. The minimum Gasteiger partial charge on any atom is -0.294 e. The molecule has 1 saturated carbocycles. The maximum atomic E-state index is 12.9. The number of anilines is 1. The van der Waals surface area contributed by atoms with Crippen LogP contribution in [0.3, 0.4) is 0 Å². The number of rotatable bonds is 4. The van der Waals surface area contributed by atoms with Gasteiger partial charge >= 0.3 is 6.18 Å². The van der Waals surface area contributed by atoms with E-state index in [4.69, 9.17) is 0 Å². The SMILES string of the molecule is CC(=O)c1sc(N(C(=O)c2cccc(C(F)(F)F)c2)C2CC2)nc1C. The molecule has 3 rings (SSSR count). The molecule has 1 amide bonds. The molecule has 1 aliphatic carbocycles. The molecule has 0 N–H and O–H groups in total. The first-order valence-electron chi connectivity index (χ1n) is 7.67. The summed E-state index contributed by atoms with van der Waals surface area (Å²) in [7, 11) is 0. The van der Waals surface area contributed by atoms with Crippen molar-refractivity contribution in [2.24, 2.45) is 0 Å². The molecule has 1 aliphatic rings. The van der Waals surface area contributed by atoms with Crippen LogP contribution >= 0.6 is 11.3 Å². The maximum Gasteiger partial charge on any atom is 0.416 e. The summed E-state index contributed by atoms with van der Waals surface area (Å²) < 4.78 is 38.7. The first-order chi connectivity index (χ1) is 11.7. The Morgan fingerprint density at radius 2 is 1.96 bits per heavy atom. The zero-order valence-electron chi connectivity index (χ0n) is 13.6. The van der Waals surface area contributed by atoms with Crippen LogP contribution in [0.4, 0.5) is 18.3 Å². The number of aromatic nitrogens is 1. The summed E-state index contributed by atoms with van der Waals surface area (Å²) in [6.07, 6.45) is -2.99. The van der Waals surface area contributed by atoms with E-state index in [0.717, 1.165) is 36.3 Å². The zero-order valence-corrected chi connectivity index (χ0v) is 14.4. The molecule has 1 aromatic heterocycles. The lowest BCUT2D eigenvalue weighted by Crippen LogP contribution is -2.33. The molecule has 0 unspecified atom stereocenters. The van der Waals surface area contributed by atoms with Crippen molar-refractivity contribution >= 4 is 28.2 Å². The second-order valence-corrected chi connectivity index (χ2v) is 6.93. The lowest BCUT2D eigenvalue weighted by molar-refractivity contribution is -0.137. The third kappa shape index (κ3) is 3.58. The average molecular weight is 368 g/mol. The van der Waals surface area contributed by atoms with Crippen molar-refractivity contribution < 1.29 is 22.8 Å². The van der Waals surface area contributed by atoms with Crippen LogP contribution in [-0.4, -0.2) is 22.7 Å². The Labute approximate surface area is 146 Å². The molecule has 1 fully saturated rings. The topological polar surface area (TPSA) is 50.3 Å². The molecule has 4 nitrogen and oxygen atoms in total. The molecule has 132 valence electrons. The van der Waals surface area contributed by atoms with Crippen molar-refractivity contribution in [1.29, 1.82) is 0 Å². The lowest BCUT2D eigenvalue weighted by atomic mass is 10.1. The molecule has 8 heteroatoms. The van der Waals surface area contributed by atoms with Crippen molar-refractivity contribution in [1.82, 2.24) is 4.98 Å². The highest BCUT2D eigenvalue weighted by atomic mass is 32.1. The van der Waals surface area contributed by atoms with Gasteiger partial charge in [0.15, 0.2) is 10.9 Å². The highest BCUT2D eigenvalue weighted by molar-refractivity contribution is 7.17. The second-order valence-electron chi connectivity index (χ2n) is 5.95. The number of aryl methyl sites for hydroxylation is 1. The van der Waals surface area contributed by atoms with Crippen LogP contribution in [0, 0.1) is 6.92 Å². The van der Waals surface area contributed by atoms with Gasteiger partial charge in [-0.15, -0.1) is 0 Å². The van der Waals surface area contributed by atoms with E-state index in [1.54, 1.807) is 6.92 Å². The Hall–Kier alpha value is -2.22. The van der Waals surface area contributed by atoms with Gasteiger partial charge in [0, 0.05) is 18.5 Å². The predicted molar refractivity (Wildman–Crippen MR) is 88.1 cm³/mol. The van der Waals surface area contributed by atoms with Crippen molar-refractivity contribution in [3.05, 3.63) is 46.0 Å². The highest BCUT2D eigenvalue weighted by Crippen LogP contribution is 2.37. The Kier molecular flexibility index (Phi) is 4.40. The predicted octanol–water partition coefficient (Wildman–Crippen LogP) is 4.48. The van der Waals surface area contributed by atoms with Gasteiger partial charge in [0.1, 0.15) is 0 Å². The summed E-state index contributed by atoms with van der Waals surface area (Å²) in [5.74, 6) is -0.680. The second kappa shape index (κ2) is 6.25. The van der Waals surface area contributed by atoms with Crippen LogP contribution in [0.25, 0.3) is 0 Å². The molecular weight excluding hydrogens is 353 g/mol. The number of Topliss-reactive ketones (excluding diaryl/α,β-unsaturated/α-hetero) is 1. The normalized spacial score (nSPS) is 14.4. The molecule has 0 radical (unpaired) electrons. The Balaban J connectivity index is 1.98. The monoisotopic (exact) mass is 368 g/mol. The fourth-order valence-electron chi connectivity index (χ4n) is 2.52. The van der Waals surface area contributed by atoms with Gasteiger partial charge < -0.3 is 0 Å². The van der Waals surface area contributed by atoms with Crippen molar-refractivity contribution in [2.75, 3.05) is 4.90 Å². The van der Waals surface area contributed by atoms with E-state index in [1.807, 2.05) is 0 Å². The van der Waals surface area contributed by atoms with Crippen LogP contribution in [0.1, 0.15) is 51.1 Å². The summed E-state index contributed by atoms with van der Waals surface area (Å²) in [4.78, 5) is 30.6. The van der Waals surface area contributed by atoms with Crippen LogP contribution in [0.15, 0.2) is 24.3 Å². The number of hydrogen-bond acceptors (Lipinski definition) is 4. The number of carbonyl (C=O) groups excluding carboxylic acids is 2. The summed E-state index contributed by atoms with van der Waals surface area (Å²) in [6.45, 7) is 3.09. The quantitative estimate of drug-likeness (QED) is 0.748.